The van der Waals surface area contributed by atoms with Crippen molar-refractivity contribution in [3.05, 3.63) is 53.1 Å². The fraction of sp³-hybridized carbons (Fsp3) is 0.318. The molecular formula is C22H19F6N3O4. The summed E-state index contributed by atoms with van der Waals surface area (Å²) in [5, 5.41) is 13.0. The first kappa shape index (κ1) is 26.0. The van der Waals surface area contributed by atoms with Gasteiger partial charge in [-0.25, -0.2) is 4.79 Å². The Bertz CT molecular complexity index is 1160. The lowest BCUT2D eigenvalue weighted by Gasteiger charge is -2.33. The SMILES string of the molecule is Cc1cc(-c2ccc3c(c2)C(=O)N2CCNCC2C(=O)N3)cc(C(F)(F)F)c1.O=C(O)C(F)(F)F. The minimum Gasteiger partial charge on any atom is -0.475 e. The third-order valence-corrected chi connectivity index (χ3v) is 5.30. The molecule has 2 aromatic carbocycles. The minimum atomic E-state index is -5.08. The molecular weight excluding hydrogens is 484 g/mol. The molecule has 0 aliphatic carbocycles. The maximum atomic E-state index is 13.2. The molecule has 0 aromatic heterocycles. The van der Waals surface area contributed by atoms with Crippen LogP contribution in [0.25, 0.3) is 11.1 Å². The maximum absolute atomic E-state index is 13.2. The number of piperazine rings is 1. The topological polar surface area (TPSA) is 98.7 Å². The number of carbonyl (C=O) groups is 3. The standard InChI is InChI=1S/C20H18F3N3O2.C2HF3O2/c1-11-6-13(8-14(7-11)20(21,22)23)12-2-3-16-15(9-12)19(28)26-5-4-24-10-17(26)18(27)25-16;3-2(4,5)1(6)7/h2-3,6-9,17,24H,4-5,10H2,1H3,(H,25,27);(H,6,7). The highest BCUT2D eigenvalue weighted by molar-refractivity contribution is 6.10. The van der Waals surface area contributed by atoms with Crippen LogP contribution >= 0.6 is 0 Å². The van der Waals surface area contributed by atoms with Gasteiger partial charge in [0.2, 0.25) is 5.91 Å². The van der Waals surface area contributed by atoms with E-state index in [4.69, 9.17) is 9.90 Å². The van der Waals surface area contributed by atoms with E-state index >= 15 is 0 Å². The third-order valence-electron chi connectivity index (χ3n) is 5.30. The molecule has 0 spiro atoms. The van der Waals surface area contributed by atoms with Crippen molar-refractivity contribution in [1.82, 2.24) is 10.2 Å². The summed E-state index contributed by atoms with van der Waals surface area (Å²) in [6.45, 7) is 2.94. The van der Waals surface area contributed by atoms with Crippen LogP contribution in [0.5, 0.6) is 0 Å². The Kier molecular flexibility index (Phi) is 7.11. The molecule has 1 unspecified atom stereocenters. The van der Waals surface area contributed by atoms with E-state index in [9.17, 15) is 35.9 Å². The van der Waals surface area contributed by atoms with Gasteiger partial charge in [0.25, 0.3) is 5.91 Å². The molecule has 2 aliphatic heterocycles. The van der Waals surface area contributed by atoms with Gasteiger partial charge in [0.05, 0.1) is 16.8 Å². The third kappa shape index (κ3) is 5.91. The number of rotatable bonds is 1. The highest BCUT2D eigenvalue weighted by atomic mass is 19.4. The lowest BCUT2D eigenvalue weighted by molar-refractivity contribution is -0.192. The van der Waals surface area contributed by atoms with Crippen molar-refractivity contribution in [3.8, 4) is 11.1 Å². The summed E-state index contributed by atoms with van der Waals surface area (Å²) < 4.78 is 71.2. The molecule has 0 bridgehead atoms. The van der Waals surface area contributed by atoms with Gasteiger partial charge in [0.1, 0.15) is 6.04 Å². The Morgan fingerprint density at radius 2 is 1.69 bits per heavy atom. The number of aryl methyl sites for hydroxylation is 1. The molecule has 1 saturated heterocycles. The molecule has 2 heterocycles. The van der Waals surface area contributed by atoms with Gasteiger partial charge >= 0.3 is 18.3 Å². The van der Waals surface area contributed by atoms with E-state index in [2.05, 4.69) is 10.6 Å². The van der Waals surface area contributed by atoms with Crippen LogP contribution in [0, 0.1) is 6.92 Å². The first-order valence-electron chi connectivity index (χ1n) is 10.1. The van der Waals surface area contributed by atoms with E-state index in [0.29, 0.717) is 42.0 Å². The summed E-state index contributed by atoms with van der Waals surface area (Å²) in [6, 6.07) is 7.94. The van der Waals surface area contributed by atoms with Crippen molar-refractivity contribution in [2.24, 2.45) is 0 Å². The van der Waals surface area contributed by atoms with Gasteiger partial charge in [-0.15, -0.1) is 0 Å². The molecule has 35 heavy (non-hydrogen) atoms. The Morgan fingerprint density at radius 1 is 1.03 bits per heavy atom. The molecule has 2 aliphatic rings. The van der Waals surface area contributed by atoms with Gasteiger partial charge in [-0.05, 0) is 47.9 Å². The number of carbonyl (C=O) groups excluding carboxylic acids is 2. The van der Waals surface area contributed by atoms with Gasteiger partial charge in [0.15, 0.2) is 0 Å². The van der Waals surface area contributed by atoms with E-state index in [0.717, 1.165) is 12.1 Å². The zero-order chi connectivity index (χ0) is 26.1. The van der Waals surface area contributed by atoms with Gasteiger partial charge in [-0.1, -0.05) is 12.1 Å². The largest absolute Gasteiger partial charge is 0.490 e. The van der Waals surface area contributed by atoms with E-state index in [1.807, 2.05) is 0 Å². The molecule has 2 amide bonds. The second-order valence-electron chi connectivity index (χ2n) is 7.86. The lowest BCUT2D eigenvalue weighted by Crippen LogP contribution is -2.57. The van der Waals surface area contributed by atoms with Crippen molar-refractivity contribution >= 4 is 23.5 Å². The van der Waals surface area contributed by atoms with Gasteiger partial charge < -0.3 is 20.6 Å². The van der Waals surface area contributed by atoms with Crippen molar-refractivity contribution in [3.63, 3.8) is 0 Å². The normalized spacial score (nSPS) is 17.9. The fourth-order valence-electron chi connectivity index (χ4n) is 3.68. The monoisotopic (exact) mass is 503 g/mol. The summed E-state index contributed by atoms with van der Waals surface area (Å²) in [7, 11) is 0. The average molecular weight is 503 g/mol. The molecule has 13 heteroatoms. The van der Waals surface area contributed by atoms with Crippen molar-refractivity contribution in [1.29, 1.82) is 0 Å². The van der Waals surface area contributed by atoms with E-state index < -0.39 is 29.9 Å². The highest BCUT2D eigenvalue weighted by Gasteiger charge is 2.38. The van der Waals surface area contributed by atoms with Crippen LogP contribution in [0.1, 0.15) is 21.5 Å². The summed E-state index contributed by atoms with van der Waals surface area (Å²) in [5.41, 5.74) is 1.25. The molecule has 4 rings (SSSR count). The molecule has 0 saturated carbocycles. The first-order valence-corrected chi connectivity index (χ1v) is 10.1. The van der Waals surface area contributed by atoms with Gasteiger partial charge in [-0.2, -0.15) is 26.3 Å². The predicted molar refractivity (Wildman–Crippen MR) is 112 cm³/mol. The number of halogens is 6. The Balaban J connectivity index is 0.000000429. The number of aliphatic carboxylic acids is 1. The van der Waals surface area contributed by atoms with E-state index in [-0.39, 0.29) is 17.4 Å². The zero-order valence-electron chi connectivity index (χ0n) is 18.0. The van der Waals surface area contributed by atoms with Crippen LogP contribution in [-0.4, -0.2) is 59.6 Å². The Hall–Kier alpha value is -3.61. The molecule has 0 radical (unpaired) electrons. The lowest BCUT2D eigenvalue weighted by atomic mass is 9.97. The fourth-order valence-corrected chi connectivity index (χ4v) is 3.68. The maximum Gasteiger partial charge on any atom is 0.490 e. The second kappa shape index (κ2) is 9.56. The van der Waals surface area contributed by atoms with Gasteiger partial charge in [0, 0.05) is 19.6 Å². The van der Waals surface area contributed by atoms with Crippen LogP contribution in [0.2, 0.25) is 0 Å². The van der Waals surface area contributed by atoms with Gasteiger partial charge in [-0.3, -0.25) is 9.59 Å². The average Bonchev–Trinajstić information content (AvgIpc) is 2.87. The molecule has 3 N–H and O–H groups in total. The quantitative estimate of drug-likeness (QED) is 0.516. The molecule has 7 nitrogen and oxygen atoms in total. The number of benzene rings is 2. The number of anilines is 1. The number of nitrogens with one attached hydrogen (secondary N) is 2. The van der Waals surface area contributed by atoms with E-state index in [1.54, 1.807) is 31.2 Å². The van der Waals surface area contributed by atoms with Crippen molar-refractivity contribution in [2.75, 3.05) is 25.0 Å². The second-order valence-corrected chi connectivity index (χ2v) is 7.86. The number of carboxylic acid groups (broad SMARTS) is 1. The predicted octanol–water partition coefficient (Wildman–Crippen LogP) is 3.68. The number of nitrogens with zero attached hydrogens (tertiary/aromatic N) is 1. The molecule has 1 fully saturated rings. The van der Waals surface area contributed by atoms with Crippen LogP contribution < -0.4 is 10.6 Å². The smallest absolute Gasteiger partial charge is 0.475 e. The first-order chi connectivity index (χ1) is 16.2. The molecule has 2 aromatic rings. The summed E-state index contributed by atoms with van der Waals surface area (Å²) in [4.78, 5) is 35.9. The number of alkyl halides is 6. The van der Waals surface area contributed by atoms with Crippen LogP contribution in [0.15, 0.2) is 36.4 Å². The van der Waals surface area contributed by atoms with Crippen LogP contribution in [0.3, 0.4) is 0 Å². The Labute approximate surface area is 194 Å². The van der Waals surface area contributed by atoms with Crippen molar-refractivity contribution in [2.45, 2.75) is 25.3 Å². The number of hydrogen-bond acceptors (Lipinski definition) is 4. The minimum absolute atomic E-state index is 0.276. The van der Waals surface area contributed by atoms with E-state index in [1.165, 1.54) is 4.90 Å². The Morgan fingerprint density at radius 3 is 2.29 bits per heavy atom. The summed E-state index contributed by atoms with van der Waals surface area (Å²) in [5.74, 6) is -3.33. The molecule has 188 valence electrons. The number of hydrogen-bond donors (Lipinski definition) is 3. The highest BCUT2D eigenvalue weighted by Crippen LogP contribution is 2.35. The van der Waals surface area contributed by atoms with Crippen molar-refractivity contribution < 1.29 is 45.8 Å². The summed E-state index contributed by atoms with van der Waals surface area (Å²) >= 11 is 0. The summed E-state index contributed by atoms with van der Waals surface area (Å²) in [6.07, 6.45) is -9.54. The molecule has 1 atom stereocenters. The van der Waals surface area contributed by atoms with Crippen LogP contribution in [0.4, 0.5) is 32.0 Å². The zero-order valence-corrected chi connectivity index (χ0v) is 18.0. The van der Waals surface area contributed by atoms with Crippen LogP contribution in [-0.2, 0) is 15.8 Å². The number of carboxylic acids is 1. The number of amides is 2. The number of fused-ring (bicyclic) bond motifs is 2.